The van der Waals surface area contributed by atoms with E-state index in [1.54, 1.807) is 0 Å². The van der Waals surface area contributed by atoms with Gasteiger partial charge in [-0.25, -0.2) is 5.43 Å². The monoisotopic (exact) mass is 340 g/mol. The maximum absolute atomic E-state index is 11.2. The zero-order chi connectivity index (χ0) is 14.0. The van der Waals surface area contributed by atoms with E-state index in [4.69, 9.17) is 0 Å². The molecule has 0 saturated heterocycles. The van der Waals surface area contributed by atoms with Crippen LogP contribution in [0.5, 0.6) is 0 Å². The average molecular weight is 341 g/mol. The number of nitrogens with zero attached hydrogens (tertiary/aromatic N) is 1. The molecular formula is C13H13BrN2O2S. The van der Waals surface area contributed by atoms with Crippen LogP contribution in [0.2, 0.25) is 0 Å². The minimum atomic E-state index is -0.551. The molecule has 100 valence electrons. The largest absolute Gasteiger partial charge is 0.302 e. The highest BCUT2D eigenvalue weighted by Crippen LogP contribution is 2.27. The molecule has 0 atom stereocenters. The third-order valence-corrected chi connectivity index (χ3v) is 4.12. The first kappa shape index (κ1) is 14.3. The number of thioether (sulfide) groups is 1. The Morgan fingerprint density at radius 2 is 2.16 bits per heavy atom. The third-order valence-electron chi connectivity index (χ3n) is 2.89. The number of carbonyl (C=O) groups is 2. The van der Waals surface area contributed by atoms with E-state index in [2.05, 4.69) is 26.5 Å². The second kappa shape index (κ2) is 5.46. The fraction of sp³-hybridized carbons (Fsp3) is 0.308. The van der Waals surface area contributed by atoms with Crippen molar-refractivity contribution < 1.29 is 9.59 Å². The minimum Gasteiger partial charge on any atom is -0.302 e. The van der Waals surface area contributed by atoms with Gasteiger partial charge < -0.3 is 4.79 Å². The van der Waals surface area contributed by atoms with E-state index >= 15 is 0 Å². The first-order chi connectivity index (χ1) is 8.92. The van der Waals surface area contributed by atoms with Crippen LogP contribution >= 0.6 is 27.7 Å². The highest BCUT2D eigenvalue weighted by atomic mass is 79.9. The standard InChI is InChI=1S/C13H13BrN2O2S/c1-13(2,7-17)9-3-8(4-10(14)5-9)11-6-19-12(18)16-15-11/h3-5,7H,6H2,1-2H3,(H,16,18). The smallest absolute Gasteiger partial charge is 0.299 e. The highest BCUT2D eigenvalue weighted by molar-refractivity contribution is 9.10. The first-order valence-corrected chi connectivity index (χ1v) is 7.47. The number of hydrogen-bond donors (Lipinski definition) is 1. The van der Waals surface area contributed by atoms with Gasteiger partial charge in [0.15, 0.2) is 0 Å². The molecule has 4 nitrogen and oxygen atoms in total. The van der Waals surface area contributed by atoms with Crippen LogP contribution in [-0.4, -0.2) is 23.0 Å². The third kappa shape index (κ3) is 3.25. The van der Waals surface area contributed by atoms with Crippen LogP contribution in [-0.2, 0) is 10.2 Å². The molecule has 1 aromatic rings. The second-order valence-corrected chi connectivity index (χ2v) is 6.68. The fourth-order valence-corrected chi connectivity index (χ4v) is 2.76. The summed E-state index contributed by atoms with van der Waals surface area (Å²) in [6.45, 7) is 3.73. The number of carbonyl (C=O) groups excluding carboxylic acids is 2. The lowest BCUT2D eigenvalue weighted by molar-refractivity contribution is -0.111. The number of aldehydes is 1. The van der Waals surface area contributed by atoms with Crippen LogP contribution in [0.4, 0.5) is 4.79 Å². The van der Waals surface area contributed by atoms with E-state index in [0.717, 1.165) is 27.6 Å². The second-order valence-electron chi connectivity index (χ2n) is 4.81. The molecule has 1 aliphatic rings. The van der Waals surface area contributed by atoms with Gasteiger partial charge in [0.2, 0.25) is 0 Å². The molecule has 1 N–H and O–H groups in total. The van der Waals surface area contributed by atoms with Crippen LogP contribution in [0, 0.1) is 0 Å². The van der Waals surface area contributed by atoms with Crippen molar-refractivity contribution in [3.63, 3.8) is 0 Å². The van der Waals surface area contributed by atoms with Gasteiger partial charge in [-0.05, 0) is 37.6 Å². The lowest BCUT2D eigenvalue weighted by Gasteiger charge is -2.20. The molecule has 1 amide bonds. The molecular weight excluding hydrogens is 328 g/mol. The lowest BCUT2D eigenvalue weighted by Crippen LogP contribution is -2.25. The zero-order valence-electron chi connectivity index (χ0n) is 10.6. The summed E-state index contributed by atoms with van der Waals surface area (Å²) in [5.74, 6) is 0.531. The first-order valence-electron chi connectivity index (χ1n) is 5.69. The van der Waals surface area contributed by atoms with Crippen molar-refractivity contribution >= 4 is 44.9 Å². The summed E-state index contributed by atoms with van der Waals surface area (Å²) in [6.07, 6.45) is 0.928. The van der Waals surface area contributed by atoms with Gasteiger partial charge >= 0.3 is 0 Å². The maximum atomic E-state index is 11.2. The van der Waals surface area contributed by atoms with Gasteiger partial charge in [-0.15, -0.1) is 0 Å². The maximum Gasteiger partial charge on any atom is 0.299 e. The summed E-state index contributed by atoms with van der Waals surface area (Å²) in [5.41, 5.74) is 4.52. The lowest BCUT2D eigenvalue weighted by atomic mass is 9.85. The van der Waals surface area contributed by atoms with E-state index in [-0.39, 0.29) is 5.24 Å². The summed E-state index contributed by atoms with van der Waals surface area (Å²) < 4.78 is 0.888. The molecule has 19 heavy (non-hydrogen) atoms. The Morgan fingerprint density at radius 3 is 2.74 bits per heavy atom. The summed E-state index contributed by atoms with van der Waals surface area (Å²) in [7, 11) is 0. The van der Waals surface area contributed by atoms with E-state index in [1.165, 1.54) is 11.8 Å². The van der Waals surface area contributed by atoms with Gasteiger partial charge in [0.1, 0.15) is 6.29 Å². The normalized spacial score (nSPS) is 15.7. The van der Waals surface area contributed by atoms with Gasteiger partial charge in [0.05, 0.1) is 5.71 Å². The number of rotatable bonds is 3. The number of hydrogen-bond acceptors (Lipinski definition) is 4. The van der Waals surface area contributed by atoms with Crippen molar-refractivity contribution in [1.29, 1.82) is 0 Å². The van der Waals surface area contributed by atoms with E-state index in [0.29, 0.717) is 5.75 Å². The topological polar surface area (TPSA) is 58.5 Å². The fourth-order valence-electron chi connectivity index (χ4n) is 1.66. The number of hydrazone groups is 1. The van der Waals surface area contributed by atoms with E-state index in [9.17, 15) is 9.59 Å². The van der Waals surface area contributed by atoms with Gasteiger partial charge in [0, 0.05) is 21.2 Å². The van der Waals surface area contributed by atoms with E-state index < -0.39 is 5.41 Å². The Hall–Kier alpha value is -1.14. The molecule has 6 heteroatoms. The van der Waals surface area contributed by atoms with Crippen LogP contribution < -0.4 is 5.43 Å². The Labute approximate surface area is 124 Å². The van der Waals surface area contributed by atoms with Crippen molar-refractivity contribution in [2.24, 2.45) is 5.10 Å². The Balaban J connectivity index is 2.42. The molecule has 0 aromatic heterocycles. The van der Waals surface area contributed by atoms with Gasteiger partial charge in [-0.1, -0.05) is 27.7 Å². The summed E-state index contributed by atoms with van der Waals surface area (Å²) in [4.78, 5) is 22.2. The SMILES string of the molecule is CC(C)(C=O)c1cc(Br)cc(C2=NNC(=O)SC2)c1. The van der Waals surface area contributed by atoms with Crippen LogP contribution in [0.25, 0.3) is 0 Å². The molecule has 1 aliphatic heterocycles. The Kier molecular flexibility index (Phi) is 4.10. The molecule has 0 unspecified atom stereocenters. The molecule has 1 heterocycles. The molecule has 2 rings (SSSR count). The van der Waals surface area contributed by atoms with Crippen LogP contribution in [0.3, 0.4) is 0 Å². The molecule has 0 radical (unpaired) electrons. The molecule has 1 aromatic carbocycles. The highest BCUT2D eigenvalue weighted by Gasteiger charge is 2.22. The Bertz CT molecular complexity index is 570. The Morgan fingerprint density at radius 1 is 1.42 bits per heavy atom. The van der Waals surface area contributed by atoms with Crippen molar-refractivity contribution in [3.8, 4) is 0 Å². The van der Waals surface area contributed by atoms with Crippen molar-refractivity contribution in [2.75, 3.05) is 5.75 Å². The average Bonchev–Trinajstić information content (AvgIpc) is 2.39. The van der Waals surface area contributed by atoms with Gasteiger partial charge in [-0.3, -0.25) is 4.79 Å². The predicted octanol–water partition coefficient (Wildman–Crippen LogP) is 3.09. The zero-order valence-corrected chi connectivity index (χ0v) is 13.0. The molecule has 0 saturated carbocycles. The molecule has 0 bridgehead atoms. The van der Waals surface area contributed by atoms with Crippen molar-refractivity contribution in [2.45, 2.75) is 19.3 Å². The summed E-state index contributed by atoms with van der Waals surface area (Å²) in [5, 5.41) is 3.91. The molecule has 0 spiro atoms. The summed E-state index contributed by atoms with van der Waals surface area (Å²) >= 11 is 4.63. The predicted molar refractivity (Wildman–Crippen MR) is 80.8 cm³/mol. The van der Waals surface area contributed by atoms with Gasteiger partial charge in [0.25, 0.3) is 5.24 Å². The quantitative estimate of drug-likeness (QED) is 0.860. The molecule has 0 aliphatic carbocycles. The number of nitrogens with one attached hydrogen (secondary N) is 1. The summed E-state index contributed by atoms with van der Waals surface area (Å²) in [6, 6.07) is 5.80. The van der Waals surface area contributed by atoms with Crippen molar-refractivity contribution in [3.05, 3.63) is 33.8 Å². The minimum absolute atomic E-state index is 0.146. The van der Waals surface area contributed by atoms with Crippen LogP contribution in [0.15, 0.2) is 27.8 Å². The van der Waals surface area contributed by atoms with E-state index in [1.807, 2.05) is 32.0 Å². The van der Waals surface area contributed by atoms with Crippen molar-refractivity contribution in [1.82, 2.24) is 5.43 Å². The van der Waals surface area contributed by atoms with Gasteiger partial charge in [-0.2, -0.15) is 5.10 Å². The van der Waals surface area contributed by atoms with Crippen LogP contribution in [0.1, 0.15) is 25.0 Å². The number of halogens is 1. The molecule has 0 fully saturated rings. The number of benzene rings is 1. The number of amides is 1.